The molecular formula is C30H35N7O4. The molecule has 2 aromatic carbocycles. The van der Waals surface area contributed by atoms with Crippen molar-refractivity contribution in [3.05, 3.63) is 74.8 Å². The third-order valence-corrected chi connectivity index (χ3v) is 8.46. The second-order valence-corrected chi connectivity index (χ2v) is 11.4. The number of piperazine rings is 1. The molecule has 0 amide bonds. The standard InChI is InChI=1S/C30H35N7O4/c1-19-12-20(2)23-15-24(30(38)31-25(23)13-19)28(29-32-33-34-37(29)17-22-4-3-11-39-22)36-9-7-35(8-10-36)16-21-5-6-26-27(14-21)41-18-40-26/h5-6,12-15,22,28H,3-4,7-11,16-18H2,1-2H3,(H,31,38)/t22-,28+/m0/s1. The van der Waals surface area contributed by atoms with Crippen molar-refractivity contribution in [1.29, 1.82) is 0 Å². The fourth-order valence-corrected chi connectivity index (χ4v) is 6.39. The molecule has 0 aliphatic carbocycles. The number of aromatic nitrogens is 5. The van der Waals surface area contributed by atoms with Crippen molar-refractivity contribution in [2.75, 3.05) is 39.6 Å². The minimum atomic E-state index is -0.382. The maximum atomic E-state index is 13.7. The second kappa shape index (κ2) is 10.9. The van der Waals surface area contributed by atoms with Gasteiger partial charge in [-0.05, 0) is 78.1 Å². The topological polar surface area (TPSA) is 111 Å². The number of H-pyrrole nitrogens is 1. The number of benzene rings is 2. The van der Waals surface area contributed by atoms with Crippen LogP contribution >= 0.6 is 0 Å². The Balaban J connectivity index is 1.19. The van der Waals surface area contributed by atoms with Gasteiger partial charge in [-0.2, -0.15) is 0 Å². The number of pyridine rings is 1. The first-order valence-corrected chi connectivity index (χ1v) is 14.4. The highest BCUT2D eigenvalue weighted by Crippen LogP contribution is 2.34. The Labute approximate surface area is 238 Å². The summed E-state index contributed by atoms with van der Waals surface area (Å²) >= 11 is 0. The minimum Gasteiger partial charge on any atom is -0.454 e. The summed E-state index contributed by atoms with van der Waals surface area (Å²) < 4.78 is 18.8. The average Bonchev–Trinajstić information content (AvgIpc) is 3.73. The van der Waals surface area contributed by atoms with Crippen LogP contribution in [-0.2, 0) is 17.8 Å². The van der Waals surface area contributed by atoms with Crippen LogP contribution in [0.25, 0.3) is 10.9 Å². The quantitative estimate of drug-likeness (QED) is 0.367. The zero-order chi connectivity index (χ0) is 27.9. The molecule has 2 fully saturated rings. The molecule has 3 aliphatic rings. The molecule has 0 unspecified atom stereocenters. The third kappa shape index (κ3) is 5.20. The average molecular weight is 558 g/mol. The predicted molar refractivity (Wildman–Crippen MR) is 152 cm³/mol. The Morgan fingerprint density at radius 3 is 2.73 bits per heavy atom. The zero-order valence-electron chi connectivity index (χ0n) is 23.5. The summed E-state index contributed by atoms with van der Waals surface area (Å²) in [5, 5.41) is 13.9. The van der Waals surface area contributed by atoms with Crippen molar-refractivity contribution in [2.45, 2.75) is 51.9 Å². The predicted octanol–water partition coefficient (Wildman–Crippen LogP) is 2.95. The van der Waals surface area contributed by atoms with Gasteiger partial charge in [0.05, 0.1) is 12.6 Å². The first kappa shape index (κ1) is 26.1. The third-order valence-electron chi connectivity index (χ3n) is 8.46. The highest BCUT2D eigenvalue weighted by Gasteiger charge is 2.33. The number of hydrogen-bond donors (Lipinski definition) is 1. The number of nitrogens with zero attached hydrogens (tertiary/aromatic N) is 6. The van der Waals surface area contributed by atoms with E-state index < -0.39 is 0 Å². The van der Waals surface area contributed by atoms with E-state index in [0.29, 0.717) is 17.9 Å². The van der Waals surface area contributed by atoms with E-state index in [4.69, 9.17) is 14.2 Å². The molecule has 11 heteroatoms. The number of hydrogen-bond acceptors (Lipinski definition) is 9. The van der Waals surface area contributed by atoms with Gasteiger partial charge >= 0.3 is 0 Å². The summed E-state index contributed by atoms with van der Waals surface area (Å²) in [4.78, 5) is 21.6. The number of tetrazole rings is 1. The molecule has 0 bridgehead atoms. The fourth-order valence-electron chi connectivity index (χ4n) is 6.39. The summed E-state index contributed by atoms with van der Waals surface area (Å²) in [6.45, 7) is 9.81. The van der Waals surface area contributed by atoms with E-state index in [1.54, 1.807) is 0 Å². The van der Waals surface area contributed by atoms with Crippen LogP contribution < -0.4 is 15.0 Å². The lowest BCUT2D eigenvalue weighted by Crippen LogP contribution is -2.48. The first-order chi connectivity index (χ1) is 20.0. The number of aryl methyl sites for hydroxylation is 2. The van der Waals surface area contributed by atoms with E-state index in [1.165, 1.54) is 5.56 Å². The first-order valence-electron chi connectivity index (χ1n) is 14.4. The smallest absolute Gasteiger partial charge is 0.253 e. The molecule has 1 N–H and O–H groups in total. The van der Waals surface area contributed by atoms with Gasteiger partial charge in [0.25, 0.3) is 5.56 Å². The summed E-state index contributed by atoms with van der Waals surface area (Å²) in [5.41, 5.74) is 4.84. The van der Waals surface area contributed by atoms with Gasteiger partial charge in [0.1, 0.15) is 6.04 Å². The maximum absolute atomic E-state index is 13.7. The second-order valence-electron chi connectivity index (χ2n) is 11.4. The molecule has 2 atom stereocenters. The molecule has 214 valence electrons. The van der Waals surface area contributed by atoms with Gasteiger partial charge in [-0.3, -0.25) is 14.6 Å². The summed E-state index contributed by atoms with van der Waals surface area (Å²) in [6, 6.07) is 12.0. The Morgan fingerprint density at radius 2 is 1.90 bits per heavy atom. The highest BCUT2D eigenvalue weighted by atomic mass is 16.7. The van der Waals surface area contributed by atoms with Crippen molar-refractivity contribution >= 4 is 10.9 Å². The molecule has 4 aromatic rings. The van der Waals surface area contributed by atoms with Crippen molar-refractivity contribution in [3.63, 3.8) is 0 Å². The van der Waals surface area contributed by atoms with Gasteiger partial charge < -0.3 is 19.2 Å². The number of nitrogens with one attached hydrogen (secondary N) is 1. The highest BCUT2D eigenvalue weighted by molar-refractivity contribution is 5.83. The van der Waals surface area contributed by atoms with E-state index in [1.807, 2.05) is 29.8 Å². The molecule has 7 rings (SSSR count). The van der Waals surface area contributed by atoms with E-state index in [-0.39, 0.29) is 24.5 Å². The van der Waals surface area contributed by atoms with Gasteiger partial charge in [-0.15, -0.1) is 5.10 Å². The molecule has 0 saturated carbocycles. The molecule has 3 aliphatic heterocycles. The monoisotopic (exact) mass is 557 g/mol. The van der Waals surface area contributed by atoms with E-state index in [9.17, 15) is 4.79 Å². The van der Waals surface area contributed by atoms with Crippen LogP contribution in [0.5, 0.6) is 11.5 Å². The molecule has 2 saturated heterocycles. The number of aromatic amines is 1. The van der Waals surface area contributed by atoms with Gasteiger partial charge in [0, 0.05) is 55.8 Å². The van der Waals surface area contributed by atoms with E-state index in [0.717, 1.165) is 85.7 Å². The number of ether oxygens (including phenoxy) is 3. The van der Waals surface area contributed by atoms with Crippen molar-refractivity contribution in [3.8, 4) is 11.5 Å². The summed E-state index contributed by atoms with van der Waals surface area (Å²) in [6.07, 6.45) is 2.11. The Bertz CT molecular complexity index is 1620. The fraction of sp³-hybridized carbons (Fsp3) is 0.467. The van der Waals surface area contributed by atoms with Crippen LogP contribution in [-0.4, -0.2) is 80.7 Å². The van der Waals surface area contributed by atoms with Crippen LogP contribution in [0.1, 0.15) is 47.0 Å². The van der Waals surface area contributed by atoms with Crippen LogP contribution in [0.4, 0.5) is 0 Å². The molecule has 2 aromatic heterocycles. The van der Waals surface area contributed by atoms with Crippen molar-refractivity contribution < 1.29 is 14.2 Å². The van der Waals surface area contributed by atoms with Crippen LogP contribution in [0, 0.1) is 13.8 Å². The maximum Gasteiger partial charge on any atom is 0.253 e. The molecule has 41 heavy (non-hydrogen) atoms. The molecular weight excluding hydrogens is 522 g/mol. The summed E-state index contributed by atoms with van der Waals surface area (Å²) in [7, 11) is 0. The van der Waals surface area contributed by atoms with Gasteiger partial charge in [-0.25, -0.2) is 4.68 Å². The zero-order valence-corrected chi connectivity index (χ0v) is 23.5. The molecule has 0 radical (unpaired) electrons. The van der Waals surface area contributed by atoms with Crippen LogP contribution in [0.3, 0.4) is 0 Å². The molecule has 11 nitrogen and oxygen atoms in total. The number of rotatable bonds is 7. The SMILES string of the molecule is Cc1cc(C)c2cc([C@H](c3nnnn3C[C@@H]3CCCO3)N3CCN(Cc4ccc5c(c4)OCO5)CC3)c(=O)[nH]c2c1. The lowest BCUT2D eigenvalue weighted by molar-refractivity contribution is 0.0840. The molecule has 5 heterocycles. The number of fused-ring (bicyclic) bond motifs is 2. The largest absolute Gasteiger partial charge is 0.454 e. The normalized spacial score (nSPS) is 20.2. The molecule has 0 spiro atoms. The summed E-state index contributed by atoms with van der Waals surface area (Å²) in [5.74, 6) is 2.28. The lowest BCUT2D eigenvalue weighted by atomic mass is 9.99. The Hall–Kier alpha value is -3.80. The van der Waals surface area contributed by atoms with Gasteiger partial charge in [-0.1, -0.05) is 12.1 Å². The van der Waals surface area contributed by atoms with Crippen molar-refractivity contribution in [1.82, 2.24) is 35.0 Å². The van der Waals surface area contributed by atoms with Gasteiger partial charge in [0.15, 0.2) is 17.3 Å². The van der Waals surface area contributed by atoms with Gasteiger partial charge in [0.2, 0.25) is 6.79 Å². The Morgan fingerprint density at radius 1 is 1.05 bits per heavy atom. The van der Waals surface area contributed by atoms with Crippen LogP contribution in [0.15, 0.2) is 41.2 Å². The van der Waals surface area contributed by atoms with Crippen LogP contribution in [0.2, 0.25) is 0 Å². The minimum absolute atomic E-state index is 0.0801. The lowest BCUT2D eigenvalue weighted by Gasteiger charge is -2.38. The van der Waals surface area contributed by atoms with Crippen molar-refractivity contribution in [2.24, 2.45) is 0 Å². The Kier molecular flexibility index (Phi) is 6.93. The van der Waals surface area contributed by atoms with E-state index >= 15 is 0 Å². The van der Waals surface area contributed by atoms with E-state index in [2.05, 4.69) is 55.4 Å².